The zero-order chi connectivity index (χ0) is 21.6. The summed E-state index contributed by atoms with van der Waals surface area (Å²) in [4.78, 5) is 25.7. The normalized spacial score (nSPS) is 11.3. The average Bonchev–Trinajstić information content (AvgIpc) is 2.65. The van der Waals surface area contributed by atoms with E-state index in [-0.39, 0.29) is 5.69 Å². The molecule has 5 nitrogen and oxygen atoms in total. The Kier molecular flexibility index (Phi) is 7.25. The second-order valence-electron chi connectivity index (χ2n) is 6.98. The maximum Gasteiger partial charge on any atom is 0.418 e. The van der Waals surface area contributed by atoms with Crippen LogP contribution in [0.5, 0.6) is 5.75 Å². The predicted octanol–water partition coefficient (Wildman–Crippen LogP) is 4.45. The van der Waals surface area contributed by atoms with Gasteiger partial charge < -0.3 is 15.0 Å². The van der Waals surface area contributed by atoms with Gasteiger partial charge in [0.05, 0.1) is 24.4 Å². The Balaban J connectivity index is 1.98. The molecular weight excluding hydrogens is 385 g/mol. The van der Waals surface area contributed by atoms with Crippen LogP contribution in [0.1, 0.15) is 29.8 Å². The van der Waals surface area contributed by atoms with Crippen molar-refractivity contribution in [3.05, 3.63) is 59.7 Å². The number of likely N-dealkylation sites (N-methyl/N-ethyl adjacent to an activating group) is 1. The lowest BCUT2D eigenvalue weighted by Crippen LogP contribution is -2.35. The van der Waals surface area contributed by atoms with Gasteiger partial charge in [-0.15, -0.1) is 0 Å². The average molecular weight is 408 g/mol. The molecule has 0 bridgehead atoms. The summed E-state index contributed by atoms with van der Waals surface area (Å²) in [5.41, 5.74) is -0.954. The minimum atomic E-state index is -4.59. The second kappa shape index (κ2) is 9.45. The molecule has 8 heteroatoms. The summed E-state index contributed by atoms with van der Waals surface area (Å²) in [5.74, 6) is -0.170. The van der Waals surface area contributed by atoms with Crippen molar-refractivity contribution in [3.63, 3.8) is 0 Å². The number of alkyl halides is 3. The summed E-state index contributed by atoms with van der Waals surface area (Å²) in [6.07, 6.45) is -4.59. The van der Waals surface area contributed by atoms with Crippen molar-refractivity contribution in [2.75, 3.05) is 25.5 Å². The Labute approximate surface area is 167 Å². The molecule has 0 aliphatic rings. The zero-order valence-corrected chi connectivity index (χ0v) is 16.4. The van der Waals surface area contributed by atoms with Gasteiger partial charge >= 0.3 is 6.18 Å². The number of amides is 2. The number of ether oxygens (including phenoxy) is 1. The molecule has 0 aliphatic carbocycles. The fraction of sp³-hybridized carbons (Fsp3) is 0.333. The van der Waals surface area contributed by atoms with E-state index in [0.717, 1.165) is 11.0 Å². The molecule has 0 unspecified atom stereocenters. The van der Waals surface area contributed by atoms with Crippen LogP contribution >= 0.6 is 0 Å². The molecule has 0 aliphatic heterocycles. The smallest absolute Gasteiger partial charge is 0.418 e. The lowest BCUT2D eigenvalue weighted by Gasteiger charge is -2.18. The number of hydrogen-bond donors (Lipinski definition) is 1. The third kappa shape index (κ3) is 6.51. The van der Waals surface area contributed by atoms with Gasteiger partial charge in [0, 0.05) is 12.6 Å². The van der Waals surface area contributed by atoms with Crippen molar-refractivity contribution in [1.82, 2.24) is 4.90 Å². The molecule has 0 saturated heterocycles. The molecule has 1 N–H and O–H groups in total. The van der Waals surface area contributed by atoms with Crippen LogP contribution in [0.3, 0.4) is 0 Å². The molecule has 29 heavy (non-hydrogen) atoms. The topological polar surface area (TPSA) is 58.6 Å². The number of nitrogens with zero attached hydrogens (tertiary/aromatic N) is 1. The molecule has 0 fully saturated rings. The monoisotopic (exact) mass is 408 g/mol. The second-order valence-corrected chi connectivity index (χ2v) is 6.98. The van der Waals surface area contributed by atoms with E-state index < -0.39 is 30.1 Å². The first-order valence-corrected chi connectivity index (χ1v) is 9.02. The van der Waals surface area contributed by atoms with Gasteiger partial charge in [0.15, 0.2) is 0 Å². The van der Waals surface area contributed by atoms with Crippen molar-refractivity contribution in [2.45, 2.75) is 20.0 Å². The SMILES string of the molecule is CC(C)COc1ccc(C(=O)N(C)CC(=O)Nc2ccccc2C(F)(F)F)cc1. The van der Waals surface area contributed by atoms with Gasteiger partial charge in [0.25, 0.3) is 5.91 Å². The van der Waals surface area contributed by atoms with Gasteiger partial charge in [-0.1, -0.05) is 26.0 Å². The van der Waals surface area contributed by atoms with Gasteiger partial charge in [-0.05, 0) is 42.3 Å². The van der Waals surface area contributed by atoms with Crippen LogP contribution in [-0.4, -0.2) is 36.9 Å². The van der Waals surface area contributed by atoms with Crippen molar-refractivity contribution >= 4 is 17.5 Å². The molecular formula is C21H23F3N2O3. The summed E-state index contributed by atoms with van der Waals surface area (Å²) in [6.45, 7) is 4.19. The van der Waals surface area contributed by atoms with Crippen molar-refractivity contribution in [2.24, 2.45) is 5.92 Å². The van der Waals surface area contributed by atoms with Crippen LogP contribution in [0.25, 0.3) is 0 Å². The van der Waals surface area contributed by atoms with E-state index >= 15 is 0 Å². The lowest BCUT2D eigenvalue weighted by atomic mass is 10.1. The summed E-state index contributed by atoms with van der Waals surface area (Å²) >= 11 is 0. The van der Waals surface area contributed by atoms with Crippen LogP contribution in [0.2, 0.25) is 0 Å². The molecule has 0 aromatic heterocycles. The van der Waals surface area contributed by atoms with E-state index in [2.05, 4.69) is 5.32 Å². The first-order valence-electron chi connectivity index (χ1n) is 9.02. The quantitative estimate of drug-likeness (QED) is 0.736. The first kappa shape index (κ1) is 22.3. The minimum absolute atomic E-state index is 0.341. The molecule has 0 saturated carbocycles. The number of para-hydroxylation sites is 1. The fourth-order valence-corrected chi connectivity index (χ4v) is 2.49. The van der Waals surface area contributed by atoms with Crippen LogP contribution in [-0.2, 0) is 11.0 Å². The molecule has 0 radical (unpaired) electrons. The van der Waals surface area contributed by atoms with Crippen LogP contribution < -0.4 is 10.1 Å². The molecule has 156 valence electrons. The van der Waals surface area contributed by atoms with Crippen LogP contribution in [0, 0.1) is 5.92 Å². The third-order valence-electron chi connectivity index (χ3n) is 3.92. The number of anilines is 1. The lowest BCUT2D eigenvalue weighted by molar-refractivity contribution is -0.137. The summed E-state index contributed by atoms with van der Waals surface area (Å²) < 4.78 is 44.6. The molecule has 2 aromatic rings. The van der Waals surface area contributed by atoms with E-state index in [1.807, 2.05) is 13.8 Å². The Morgan fingerprint density at radius 2 is 1.69 bits per heavy atom. The van der Waals surface area contributed by atoms with E-state index in [1.54, 1.807) is 24.3 Å². The van der Waals surface area contributed by atoms with Gasteiger partial charge in [0.1, 0.15) is 5.75 Å². The standard InChI is InChI=1S/C21H23F3N2O3/c1-14(2)13-29-16-10-8-15(9-11-16)20(28)26(3)12-19(27)25-18-7-5-4-6-17(18)21(22,23)24/h4-11,14H,12-13H2,1-3H3,(H,25,27). The van der Waals surface area contributed by atoms with E-state index in [4.69, 9.17) is 4.74 Å². The zero-order valence-electron chi connectivity index (χ0n) is 16.4. The Morgan fingerprint density at radius 3 is 2.28 bits per heavy atom. The van der Waals surface area contributed by atoms with Gasteiger partial charge in [-0.3, -0.25) is 9.59 Å². The van der Waals surface area contributed by atoms with Crippen molar-refractivity contribution < 1.29 is 27.5 Å². The number of hydrogen-bond acceptors (Lipinski definition) is 3. The summed E-state index contributed by atoms with van der Waals surface area (Å²) in [7, 11) is 1.40. The van der Waals surface area contributed by atoms with Gasteiger partial charge in [-0.25, -0.2) is 0 Å². The maximum absolute atomic E-state index is 13.0. The highest BCUT2D eigenvalue weighted by atomic mass is 19.4. The van der Waals surface area contributed by atoms with E-state index in [0.29, 0.717) is 23.8 Å². The highest BCUT2D eigenvalue weighted by Gasteiger charge is 2.33. The number of benzene rings is 2. The van der Waals surface area contributed by atoms with E-state index in [9.17, 15) is 22.8 Å². The predicted molar refractivity (Wildman–Crippen MR) is 104 cm³/mol. The Morgan fingerprint density at radius 1 is 1.07 bits per heavy atom. The van der Waals surface area contributed by atoms with Crippen molar-refractivity contribution in [1.29, 1.82) is 0 Å². The molecule has 0 spiro atoms. The fourth-order valence-electron chi connectivity index (χ4n) is 2.49. The van der Waals surface area contributed by atoms with Gasteiger partial charge in [0.2, 0.25) is 5.91 Å². The molecule has 2 aromatic carbocycles. The first-order chi connectivity index (χ1) is 13.6. The number of halogens is 3. The summed E-state index contributed by atoms with van der Waals surface area (Å²) in [5, 5.41) is 2.22. The van der Waals surface area contributed by atoms with Crippen LogP contribution in [0.4, 0.5) is 18.9 Å². The minimum Gasteiger partial charge on any atom is -0.493 e. The highest BCUT2D eigenvalue weighted by molar-refractivity contribution is 5.99. The third-order valence-corrected chi connectivity index (χ3v) is 3.92. The maximum atomic E-state index is 13.0. The molecule has 0 heterocycles. The Hall–Kier alpha value is -3.03. The highest BCUT2D eigenvalue weighted by Crippen LogP contribution is 2.34. The molecule has 2 rings (SSSR count). The summed E-state index contributed by atoms with van der Waals surface area (Å²) in [6, 6.07) is 11.1. The van der Waals surface area contributed by atoms with E-state index in [1.165, 1.54) is 25.2 Å². The number of rotatable bonds is 7. The number of carbonyl (C=O) groups excluding carboxylic acids is 2. The molecule has 2 amide bonds. The van der Waals surface area contributed by atoms with Gasteiger partial charge in [-0.2, -0.15) is 13.2 Å². The number of nitrogens with one attached hydrogen (secondary N) is 1. The van der Waals surface area contributed by atoms with Crippen molar-refractivity contribution in [3.8, 4) is 5.75 Å². The number of carbonyl (C=O) groups is 2. The largest absolute Gasteiger partial charge is 0.493 e. The van der Waals surface area contributed by atoms with Crippen LogP contribution in [0.15, 0.2) is 48.5 Å². The molecule has 0 atom stereocenters. The Bertz CT molecular complexity index is 849.